The van der Waals surface area contributed by atoms with Crippen LogP contribution in [0.5, 0.6) is 5.75 Å². The minimum absolute atomic E-state index is 0.281. The van der Waals surface area contributed by atoms with Crippen LogP contribution in [0.25, 0.3) is 22.1 Å². The Hall–Kier alpha value is -2.88. The zero-order valence-electron chi connectivity index (χ0n) is 11.3. The Morgan fingerprint density at radius 2 is 1.86 bits per heavy atom. The van der Waals surface area contributed by atoms with Crippen molar-refractivity contribution in [1.82, 2.24) is 0 Å². The first-order valence-electron chi connectivity index (χ1n) is 6.37. The Kier molecular flexibility index (Phi) is 3.28. The maximum absolute atomic E-state index is 12.0. The first kappa shape index (κ1) is 13.1. The zero-order valence-corrected chi connectivity index (χ0v) is 11.3. The molecule has 0 amide bonds. The number of ether oxygens (including phenoxy) is 1. The lowest BCUT2D eigenvalue weighted by atomic mass is 9.98. The van der Waals surface area contributed by atoms with Crippen LogP contribution in [-0.2, 0) is 4.79 Å². The molecule has 1 aromatic heterocycles. The summed E-state index contributed by atoms with van der Waals surface area (Å²) in [5.74, 6) is 0.281. The van der Waals surface area contributed by atoms with Gasteiger partial charge in [0.05, 0.1) is 0 Å². The van der Waals surface area contributed by atoms with Gasteiger partial charge in [0.1, 0.15) is 11.3 Å². The molecule has 0 spiro atoms. The number of rotatable bonds is 3. The Bertz CT molecular complexity index is 863. The molecule has 1 heterocycles. The molecule has 0 unspecified atom stereocenters. The van der Waals surface area contributed by atoms with E-state index in [1.54, 1.807) is 19.1 Å². The van der Waals surface area contributed by atoms with Gasteiger partial charge in [-0.2, -0.15) is 0 Å². The van der Waals surface area contributed by atoms with E-state index in [4.69, 9.17) is 4.42 Å². The molecule has 0 fully saturated rings. The molecule has 0 saturated heterocycles. The fraction of sp³-hybridized carbons (Fsp3) is 0.0588. The Morgan fingerprint density at radius 3 is 2.57 bits per heavy atom. The fourth-order valence-electron chi connectivity index (χ4n) is 2.36. The average molecular weight is 279 g/mol. The molecular weight excluding hydrogens is 268 g/mol. The number of hydrogen-bond acceptors (Lipinski definition) is 4. The van der Waals surface area contributed by atoms with Crippen LogP contribution in [-0.4, -0.2) is 6.47 Å². The Balaban J connectivity index is 2.35. The monoisotopic (exact) mass is 279 g/mol. The number of fused-ring (bicyclic) bond motifs is 1. The summed E-state index contributed by atoms with van der Waals surface area (Å²) in [6.45, 7) is 3.08. The molecule has 3 aromatic rings. The summed E-state index contributed by atoms with van der Waals surface area (Å²) in [5.41, 5.74) is 2.27. The molecule has 4 heteroatoms. The van der Waals surface area contributed by atoms with E-state index in [0.717, 1.165) is 16.5 Å². The van der Waals surface area contributed by atoms with Crippen molar-refractivity contribution in [2.24, 2.45) is 0 Å². The third-order valence-corrected chi connectivity index (χ3v) is 3.33. The first-order valence-corrected chi connectivity index (χ1v) is 6.37. The maximum atomic E-state index is 12.0. The van der Waals surface area contributed by atoms with Crippen molar-refractivity contribution in [3.63, 3.8) is 0 Å². The topological polar surface area (TPSA) is 56.5 Å². The third kappa shape index (κ3) is 2.31. The van der Waals surface area contributed by atoms with E-state index >= 15 is 0 Å². The van der Waals surface area contributed by atoms with Gasteiger partial charge >= 0.3 is 12.1 Å². The zero-order chi connectivity index (χ0) is 14.8. The molecule has 4 nitrogen and oxygen atoms in total. The number of benzene rings is 2. The van der Waals surface area contributed by atoms with E-state index in [1.807, 2.05) is 30.3 Å². The smallest absolute Gasteiger partial charge is 0.422 e. The maximum Gasteiger partial charge on any atom is 0.423 e. The number of hydrogen-bond donors (Lipinski definition) is 0. The van der Waals surface area contributed by atoms with E-state index in [-0.39, 0.29) is 5.75 Å². The Morgan fingerprint density at radius 1 is 1.10 bits per heavy atom. The summed E-state index contributed by atoms with van der Waals surface area (Å²) in [6.07, 6.45) is 0. The lowest BCUT2D eigenvalue weighted by Gasteiger charge is -2.09. The molecule has 3 rings (SSSR count). The molecule has 0 bridgehead atoms. The predicted octanol–water partition coefficient (Wildman–Crippen LogP) is 3.21. The minimum Gasteiger partial charge on any atom is -0.422 e. The van der Waals surface area contributed by atoms with E-state index < -0.39 is 5.63 Å². The largest absolute Gasteiger partial charge is 0.423 e. The summed E-state index contributed by atoms with van der Waals surface area (Å²) in [4.78, 5) is 22.3. The van der Waals surface area contributed by atoms with Crippen LogP contribution in [0, 0.1) is 6.92 Å². The van der Waals surface area contributed by atoms with Gasteiger partial charge in [0.15, 0.2) is 0 Å². The molecule has 21 heavy (non-hydrogen) atoms. The van der Waals surface area contributed by atoms with Crippen LogP contribution in [0.3, 0.4) is 0 Å². The van der Waals surface area contributed by atoms with Gasteiger partial charge in [-0.15, -0.1) is 0 Å². The van der Waals surface area contributed by atoms with E-state index in [0.29, 0.717) is 11.1 Å². The standard InChI is InChI=1S/C17H11O4/c1-11-16(12-5-3-2-4-6-12)14-8-7-13(20-10-18)9-15(14)21-17(11)19/h2-9H,1H3. The van der Waals surface area contributed by atoms with Gasteiger partial charge in [-0.1, -0.05) is 30.3 Å². The highest BCUT2D eigenvalue weighted by Crippen LogP contribution is 2.31. The van der Waals surface area contributed by atoms with Gasteiger partial charge in [-0.05, 0) is 24.6 Å². The van der Waals surface area contributed by atoms with Crippen LogP contribution in [0.1, 0.15) is 5.56 Å². The molecule has 0 aliphatic carbocycles. The summed E-state index contributed by atoms with van der Waals surface area (Å²) >= 11 is 0. The highest BCUT2D eigenvalue weighted by atomic mass is 16.5. The van der Waals surface area contributed by atoms with Crippen molar-refractivity contribution in [2.45, 2.75) is 6.92 Å². The van der Waals surface area contributed by atoms with Gasteiger partial charge in [0.25, 0.3) is 0 Å². The minimum atomic E-state index is -0.409. The second kappa shape index (κ2) is 5.25. The van der Waals surface area contributed by atoms with Crippen molar-refractivity contribution < 1.29 is 13.9 Å². The summed E-state index contributed by atoms with van der Waals surface area (Å²) in [7, 11) is 0. The van der Waals surface area contributed by atoms with Crippen molar-refractivity contribution >= 4 is 17.4 Å². The highest BCUT2D eigenvalue weighted by molar-refractivity contribution is 5.95. The van der Waals surface area contributed by atoms with Gasteiger partial charge in [0, 0.05) is 22.6 Å². The van der Waals surface area contributed by atoms with E-state index in [9.17, 15) is 9.59 Å². The van der Waals surface area contributed by atoms with Crippen LogP contribution in [0.4, 0.5) is 0 Å². The first-order chi connectivity index (χ1) is 10.2. The van der Waals surface area contributed by atoms with E-state index in [1.165, 1.54) is 12.5 Å². The van der Waals surface area contributed by atoms with Crippen LogP contribution in [0.2, 0.25) is 0 Å². The molecule has 2 aromatic carbocycles. The molecule has 0 saturated carbocycles. The molecule has 0 aliphatic rings. The van der Waals surface area contributed by atoms with E-state index in [2.05, 4.69) is 4.74 Å². The van der Waals surface area contributed by atoms with Crippen molar-refractivity contribution in [2.75, 3.05) is 0 Å². The SMILES string of the molecule is Cc1c(-c2ccccc2)c2ccc(O[C]=O)cc2oc1=O. The molecule has 103 valence electrons. The second-order valence-corrected chi connectivity index (χ2v) is 4.60. The van der Waals surface area contributed by atoms with Gasteiger partial charge < -0.3 is 9.15 Å². The van der Waals surface area contributed by atoms with Crippen molar-refractivity contribution in [1.29, 1.82) is 0 Å². The summed E-state index contributed by atoms with van der Waals surface area (Å²) in [6, 6.07) is 14.5. The molecule has 0 N–H and O–H groups in total. The Labute approximate surface area is 120 Å². The molecule has 1 radical (unpaired) electrons. The fourth-order valence-corrected chi connectivity index (χ4v) is 2.36. The van der Waals surface area contributed by atoms with Gasteiger partial charge in [-0.3, -0.25) is 0 Å². The highest BCUT2D eigenvalue weighted by Gasteiger charge is 2.13. The molecular formula is C17H11O4. The van der Waals surface area contributed by atoms with Crippen molar-refractivity contribution in [3.8, 4) is 16.9 Å². The number of carbonyl (C=O) groups excluding carboxylic acids is 1. The normalized spacial score (nSPS) is 10.5. The quantitative estimate of drug-likeness (QED) is 0.691. The lowest BCUT2D eigenvalue weighted by molar-refractivity contribution is 0.442. The van der Waals surface area contributed by atoms with Crippen LogP contribution in [0.15, 0.2) is 57.7 Å². The predicted molar refractivity (Wildman–Crippen MR) is 79.0 cm³/mol. The lowest BCUT2D eigenvalue weighted by Crippen LogP contribution is -2.05. The summed E-state index contributed by atoms with van der Waals surface area (Å²) in [5, 5.41) is 0.788. The summed E-state index contributed by atoms with van der Waals surface area (Å²) < 4.78 is 9.94. The third-order valence-electron chi connectivity index (χ3n) is 3.33. The average Bonchev–Trinajstić information content (AvgIpc) is 2.50. The van der Waals surface area contributed by atoms with Crippen LogP contribution < -0.4 is 10.4 Å². The van der Waals surface area contributed by atoms with Crippen molar-refractivity contribution in [3.05, 3.63) is 64.5 Å². The molecule has 0 atom stereocenters. The van der Waals surface area contributed by atoms with Gasteiger partial charge in [0.2, 0.25) is 0 Å². The second-order valence-electron chi connectivity index (χ2n) is 4.60. The molecule has 0 aliphatic heterocycles. The van der Waals surface area contributed by atoms with Gasteiger partial charge in [-0.25, -0.2) is 9.59 Å². The van der Waals surface area contributed by atoms with Crippen LogP contribution >= 0.6 is 0 Å².